The minimum Gasteiger partial charge on any atom is -0.393 e. The molecule has 1 saturated carbocycles. The summed E-state index contributed by atoms with van der Waals surface area (Å²) in [5.41, 5.74) is 0. The summed E-state index contributed by atoms with van der Waals surface area (Å²) in [7, 11) is 0. The third-order valence-electron chi connectivity index (χ3n) is 3.07. The number of nitrogens with one attached hydrogen (secondary N) is 1. The predicted molar refractivity (Wildman–Crippen MR) is 56.3 cm³/mol. The van der Waals surface area contributed by atoms with Crippen molar-refractivity contribution in [2.45, 2.75) is 50.8 Å². The van der Waals surface area contributed by atoms with Crippen LogP contribution in [0.1, 0.15) is 38.5 Å². The summed E-state index contributed by atoms with van der Waals surface area (Å²) in [6.07, 6.45) is -2.85. The monoisotopic (exact) mass is 253 g/mol. The Bertz CT molecular complexity index is 256. The molecule has 0 heterocycles. The summed E-state index contributed by atoms with van der Waals surface area (Å²) >= 11 is 0. The molecule has 1 aliphatic rings. The standard InChI is InChI=1S/C11H18F3NO2/c12-11(13,14)6-5-10(17)15-7-8-3-1-2-4-9(8)16/h8-9,16H,1-7H2,(H,15,17). The minimum atomic E-state index is -4.29. The zero-order chi connectivity index (χ0) is 12.9. The Morgan fingerprint density at radius 3 is 2.53 bits per heavy atom. The van der Waals surface area contributed by atoms with Gasteiger partial charge in [0.05, 0.1) is 12.5 Å². The molecule has 0 aromatic rings. The normalized spacial score (nSPS) is 25.6. The number of carbonyl (C=O) groups excluding carboxylic acids is 1. The molecule has 1 aliphatic carbocycles. The van der Waals surface area contributed by atoms with Crippen LogP contribution in [-0.4, -0.2) is 29.8 Å². The van der Waals surface area contributed by atoms with Crippen molar-refractivity contribution in [3.8, 4) is 0 Å². The second-order valence-electron chi connectivity index (χ2n) is 4.53. The predicted octanol–water partition coefficient (Wildman–Crippen LogP) is 2.00. The summed E-state index contributed by atoms with van der Waals surface area (Å²) < 4.78 is 35.6. The molecule has 2 atom stereocenters. The van der Waals surface area contributed by atoms with E-state index in [9.17, 15) is 23.1 Å². The maximum absolute atomic E-state index is 11.9. The van der Waals surface area contributed by atoms with Crippen LogP contribution in [0.5, 0.6) is 0 Å². The lowest BCUT2D eigenvalue weighted by Gasteiger charge is -2.27. The molecule has 17 heavy (non-hydrogen) atoms. The van der Waals surface area contributed by atoms with E-state index < -0.39 is 31.0 Å². The van der Waals surface area contributed by atoms with Gasteiger partial charge in [-0.3, -0.25) is 4.79 Å². The lowest BCUT2D eigenvalue weighted by molar-refractivity contribution is -0.144. The largest absolute Gasteiger partial charge is 0.393 e. The Hall–Kier alpha value is -0.780. The first-order chi connectivity index (χ1) is 7.88. The topological polar surface area (TPSA) is 49.3 Å². The Morgan fingerprint density at radius 2 is 1.94 bits per heavy atom. The van der Waals surface area contributed by atoms with Crippen molar-refractivity contribution in [1.29, 1.82) is 0 Å². The van der Waals surface area contributed by atoms with Crippen molar-refractivity contribution >= 4 is 5.91 Å². The van der Waals surface area contributed by atoms with E-state index in [1.54, 1.807) is 0 Å². The van der Waals surface area contributed by atoms with Gasteiger partial charge in [-0.1, -0.05) is 12.8 Å². The first-order valence-corrected chi connectivity index (χ1v) is 5.90. The van der Waals surface area contributed by atoms with Crippen LogP contribution in [-0.2, 0) is 4.79 Å². The summed E-state index contributed by atoms with van der Waals surface area (Å²) in [5, 5.41) is 12.1. The molecular formula is C11H18F3NO2. The fourth-order valence-corrected chi connectivity index (χ4v) is 2.01. The first kappa shape index (κ1) is 14.3. The highest BCUT2D eigenvalue weighted by Crippen LogP contribution is 2.24. The van der Waals surface area contributed by atoms with Crippen LogP contribution in [0, 0.1) is 5.92 Å². The molecule has 0 saturated heterocycles. The van der Waals surface area contributed by atoms with Gasteiger partial charge < -0.3 is 10.4 Å². The van der Waals surface area contributed by atoms with Crippen LogP contribution >= 0.6 is 0 Å². The van der Waals surface area contributed by atoms with E-state index in [1.807, 2.05) is 0 Å². The van der Waals surface area contributed by atoms with E-state index in [2.05, 4.69) is 5.32 Å². The first-order valence-electron chi connectivity index (χ1n) is 5.90. The summed E-state index contributed by atoms with van der Waals surface area (Å²) in [6, 6.07) is 0. The molecule has 0 aromatic carbocycles. The summed E-state index contributed by atoms with van der Waals surface area (Å²) in [5.74, 6) is -0.612. The number of alkyl halides is 3. The maximum atomic E-state index is 11.9. The Kier molecular flexibility index (Phi) is 5.24. The van der Waals surface area contributed by atoms with Crippen molar-refractivity contribution in [3.05, 3.63) is 0 Å². The molecule has 0 aromatic heterocycles. The highest BCUT2D eigenvalue weighted by Gasteiger charge is 2.28. The molecule has 100 valence electrons. The van der Waals surface area contributed by atoms with Gasteiger partial charge in [0, 0.05) is 18.9 Å². The number of aliphatic hydroxyl groups is 1. The zero-order valence-corrected chi connectivity index (χ0v) is 9.59. The van der Waals surface area contributed by atoms with Crippen LogP contribution in [0.25, 0.3) is 0 Å². The molecule has 0 aliphatic heterocycles. The molecule has 1 amide bonds. The quantitative estimate of drug-likeness (QED) is 0.805. The minimum absolute atomic E-state index is 0.0152. The van der Waals surface area contributed by atoms with Crippen molar-refractivity contribution in [2.75, 3.05) is 6.54 Å². The second kappa shape index (κ2) is 6.23. The molecule has 1 fully saturated rings. The molecule has 1 rings (SSSR count). The van der Waals surface area contributed by atoms with Crippen LogP contribution in [0.3, 0.4) is 0 Å². The van der Waals surface area contributed by atoms with Gasteiger partial charge in [0.15, 0.2) is 0 Å². The third-order valence-corrected chi connectivity index (χ3v) is 3.07. The number of rotatable bonds is 4. The smallest absolute Gasteiger partial charge is 0.389 e. The molecule has 3 nitrogen and oxygen atoms in total. The van der Waals surface area contributed by atoms with E-state index in [4.69, 9.17) is 0 Å². The number of hydrogen-bond acceptors (Lipinski definition) is 2. The number of hydrogen-bond donors (Lipinski definition) is 2. The van der Waals surface area contributed by atoms with Crippen LogP contribution in [0.15, 0.2) is 0 Å². The van der Waals surface area contributed by atoms with Gasteiger partial charge in [-0.2, -0.15) is 13.2 Å². The van der Waals surface area contributed by atoms with Crippen molar-refractivity contribution < 1.29 is 23.1 Å². The van der Waals surface area contributed by atoms with Gasteiger partial charge in [0.25, 0.3) is 0 Å². The van der Waals surface area contributed by atoms with E-state index in [1.165, 1.54) is 0 Å². The fourth-order valence-electron chi connectivity index (χ4n) is 2.01. The van der Waals surface area contributed by atoms with Crippen molar-refractivity contribution in [2.24, 2.45) is 5.92 Å². The summed E-state index contributed by atoms with van der Waals surface area (Å²) in [4.78, 5) is 11.1. The number of amides is 1. The van der Waals surface area contributed by atoms with Gasteiger partial charge in [-0.15, -0.1) is 0 Å². The Balaban J connectivity index is 2.19. The van der Waals surface area contributed by atoms with E-state index in [0.29, 0.717) is 6.42 Å². The average Bonchev–Trinajstić information content (AvgIpc) is 2.24. The molecule has 2 unspecified atom stereocenters. The molecule has 0 spiro atoms. The van der Waals surface area contributed by atoms with Crippen LogP contribution in [0.2, 0.25) is 0 Å². The van der Waals surface area contributed by atoms with E-state index in [0.717, 1.165) is 19.3 Å². The highest BCUT2D eigenvalue weighted by atomic mass is 19.4. The van der Waals surface area contributed by atoms with Crippen molar-refractivity contribution in [3.63, 3.8) is 0 Å². The molecule has 6 heteroatoms. The van der Waals surface area contributed by atoms with Gasteiger partial charge in [-0.25, -0.2) is 0 Å². The second-order valence-corrected chi connectivity index (χ2v) is 4.53. The lowest BCUT2D eigenvalue weighted by atomic mass is 9.86. The maximum Gasteiger partial charge on any atom is 0.389 e. The number of halogens is 3. The molecule has 0 bridgehead atoms. The van der Waals surface area contributed by atoms with E-state index >= 15 is 0 Å². The number of carbonyl (C=O) groups is 1. The highest BCUT2D eigenvalue weighted by molar-refractivity contribution is 5.75. The molecule has 2 N–H and O–H groups in total. The Labute approximate surface area is 98.4 Å². The van der Waals surface area contributed by atoms with Gasteiger partial charge in [0.1, 0.15) is 0 Å². The molecule has 0 radical (unpaired) electrons. The van der Waals surface area contributed by atoms with Gasteiger partial charge in [0.2, 0.25) is 5.91 Å². The van der Waals surface area contributed by atoms with Gasteiger partial charge in [-0.05, 0) is 12.8 Å². The van der Waals surface area contributed by atoms with E-state index in [-0.39, 0.29) is 12.5 Å². The lowest BCUT2D eigenvalue weighted by Crippen LogP contribution is -2.36. The fraction of sp³-hybridized carbons (Fsp3) is 0.909. The van der Waals surface area contributed by atoms with Gasteiger partial charge >= 0.3 is 6.18 Å². The van der Waals surface area contributed by atoms with Crippen molar-refractivity contribution in [1.82, 2.24) is 5.32 Å². The SMILES string of the molecule is O=C(CCC(F)(F)F)NCC1CCCCC1O. The average molecular weight is 253 g/mol. The van der Waals surface area contributed by atoms with Crippen LogP contribution in [0.4, 0.5) is 13.2 Å². The Morgan fingerprint density at radius 1 is 1.29 bits per heavy atom. The molecular weight excluding hydrogens is 235 g/mol. The zero-order valence-electron chi connectivity index (χ0n) is 9.59. The summed E-state index contributed by atoms with van der Waals surface area (Å²) in [6.45, 7) is 0.276. The third kappa shape index (κ3) is 5.91. The number of aliphatic hydroxyl groups excluding tert-OH is 1. The van der Waals surface area contributed by atoms with Crippen LogP contribution < -0.4 is 5.32 Å².